The third-order valence-corrected chi connectivity index (χ3v) is 3.82. The highest BCUT2D eigenvalue weighted by Gasteiger charge is 2.17. The largest absolute Gasteiger partial charge is 0.355 e. The molecule has 1 N–H and O–H groups in total. The molecule has 0 atom stereocenters. The molecule has 0 aliphatic carbocycles. The van der Waals surface area contributed by atoms with Crippen LogP contribution in [0.3, 0.4) is 0 Å². The van der Waals surface area contributed by atoms with Gasteiger partial charge in [-0.2, -0.15) is 0 Å². The van der Waals surface area contributed by atoms with Gasteiger partial charge in [-0.1, -0.05) is 23.7 Å². The summed E-state index contributed by atoms with van der Waals surface area (Å²) in [5.74, 6) is 0.0310. The van der Waals surface area contributed by atoms with Crippen LogP contribution >= 0.6 is 11.6 Å². The Hall–Kier alpha value is -1.59. The van der Waals surface area contributed by atoms with Gasteiger partial charge >= 0.3 is 0 Å². The maximum atomic E-state index is 11.8. The van der Waals surface area contributed by atoms with Gasteiger partial charge < -0.3 is 10.2 Å². The molecule has 114 valence electrons. The average molecular weight is 310 g/mol. The Bertz CT molecular complexity index is 470. The van der Waals surface area contributed by atoms with Gasteiger partial charge in [0.25, 0.3) is 0 Å². The number of halogens is 1. The molecule has 0 bridgehead atoms. The number of rotatable bonds is 6. The summed E-state index contributed by atoms with van der Waals surface area (Å²) in [7, 11) is 0. The standard InChI is InChI=1S/C15H20ClN3O2/c16-14-3-1-13(2-4-14)5-6-17-15(21)11-18-7-9-19(12-20)10-8-18/h1-4,12H,5-11H2,(H,17,21). The first-order valence-electron chi connectivity index (χ1n) is 7.10. The van der Waals surface area contributed by atoms with Crippen LogP contribution in [0.1, 0.15) is 5.56 Å². The molecule has 1 aliphatic rings. The molecule has 21 heavy (non-hydrogen) atoms. The molecular weight excluding hydrogens is 290 g/mol. The van der Waals surface area contributed by atoms with Gasteiger partial charge in [-0.05, 0) is 24.1 Å². The van der Waals surface area contributed by atoms with E-state index in [1.165, 1.54) is 0 Å². The smallest absolute Gasteiger partial charge is 0.234 e. The number of hydrogen-bond acceptors (Lipinski definition) is 3. The number of amides is 2. The first-order valence-corrected chi connectivity index (χ1v) is 7.48. The van der Waals surface area contributed by atoms with Crippen LogP contribution in [-0.4, -0.2) is 61.4 Å². The Kier molecular flexibility index (Phi) is 6.02. The first-order chi connectivity index (χ1) is 10.2. The van der Waals surface area contributed by atoms with Crippen LogP contribution < -0.4 is 5.32 Å². The molecule has 2 amide bonds. The summed E-state index contributed by atoms with van der Waals surface area (Å²) >= 11 is 5.82. The summed E-state index contributed by atoms with van der Waals surface area (Å²) in [6.45, 7) is 3.91. The molecule has 1 fully saturated rings. The van der Waals surface area contributed by atoms with E-state index in [0.717, 1.165) is 36.5 Å². The predicted molar refractivity (Wildman–Crippen MR) is 82.2 cm³/mol. The lowest BCUT2D eigenvalue weighted by Gasteiger charge is -2.31. The van der Waals surface area contributed by atoms with E-state index < -0.39 is 0 Å². The molecular formula is C15H20ClN3O2. The number of piperazine rings is 1. The fraction of sp³-hybridized carbons (Fsp3) is 0.467. The van der Waals surface area contributed by atoms with Crippen LogP contribution in [0.5, 0.6) is 0 Å². The van der Waals surface area contributed by atoms with E-state index in [1.54, 1.807) is 4.90 Å². The van der Waals surface area contributed by atoms with Crippen LogP contribution in [0.15, 0.2) is 24.3 Å². The third-order valence-electron chi connectivity index (χ3n) is 3.57. The van der Waals surface area contributed by atoms with E-state index in [-0.39, 0.29) is 5.91 Å². The molecule has 1 aromatic rings. The topological polar surface area (TPSA) is 52.7 Å². The number of hydrogen-bond donors (Lipinski definition) is 1. The lowest BCUT2D eigenvalue weighted by Crippen LogP contribution is -2.49. The average Bonchev–Trinajstić information content (AvgIpc) is 2.50. The quantitative estimate of drug-likeness (QED) is 0.790. The summed E-state index contributed by atoms with van der Waals surface area (Å²) < 4.78 is 0. The summed E-state index contributed by atoms with van der Waals surface area (Å²) in [4.78, 5) is 26.3. The van der Waals surface area contributed by atoms with E-state index in [0.29, 0.717) is 26.2 Å². The molecule has 0 saturated carbocycles. The molecule has 5 nitrogen and oxygen atoms in total. The van der Waals surface area contributed by atoms with E-state index in [1.807, 2.05) is 24.3 Å². The third kappa shape index (κ3) is 5.36. The Balaban J connectivity index is 1.63. The predicted octanol–water partition coefficient (Wildman–Crippen LogP) is 0.773. The van der Waals surface area contributed by atoms with Crippen molar-refractivity contribution in [3.8, 4) is 0 Å². The summed E-state index contributed by atoms with van der Waals surface area (Å²) in [5.41, 5.74) is 1.15. The Morgan fingerprint density at radius 2 is 1.86 bits per heavy atom. The van der Waals surface area contributed by atoms with Crippen molar-refractivity contribution < 1.29 is 9.59 Å². The zero-order chi connectivity index (χ0) is 15.1. The zero-order valence-corrected chi connectivity index (χ0v) is 12.7. The molecule has 1 aromatic carbocycles. The van der Waals surface area contributed by atoms with Crippen molar-refractivity contribution >= 4 is 23.9 Å². The highest BCUT2D eigenvalue weighted by atomic mass is 35.5. The number of nitrogens with one attached hydrogen (secondary N) is 1. The van der Waals surface area contributed by atoms with E-state index in [4.69, 9.17) is 11.6 Å². The minimum atomic E-state index is 0.0310. The molecule has 0 aromatic heterocycles. The molecule has 2 rings (SSSR count). The van der Waals surface area contributed by atoms with Gasteiger partial charge in [0, 0.05) is 37.7 Å². The van der Waals surface area contributed by atoms with Gasteiger partial charge in [-0.3, -0.25) is 14.5 Å². The van der Waals surface area contributed by atoms with Crippen LogP contribution in [0.4, 0.5) is 0 Å². The SMILES string of the molecule is O=CN1CCN(CC(=O)NCCc2ccc(Cl)cc2)CC1. The van der Waals surface area contributed by atoms with Gasteiger partial charge in [-0.25, -0.2) is 0 Å². The molecule has 1 saturated heterocycles. The molecule has 0 spiro atoms. The second-order valence-corrected chi connectivity index (χ2v) is 5.58. The van der Waals surface area contributed by atoms with E-state index in [9.17, 15) is 9.59 Å². The van der Waals surface area contributed by atoms with Crippen LogP contribution in [0.2, 0.25) is 5.02 Å². The minimum absolute atomic E-state index is 0.0310. The zero-order valence-electron chi connectivity index (χ0n) is 11.9. The van der Waals surface area contributed by atoms with Crippen molar-refractivity contribution in [1.82, 2.24) is 15.1 Å². The second-order valence-electron chi connectivity index (χ2n) is 5.14. The second kappa shape index (κ2) is 8.00. The van der Waals surface area contributed by atoms with Crippen molar-refractivity contribution in [2.75, 3.05) is 39.3 Å². The van der Waals surface area contributed by atoms with Crippen molar-refractivity contribution in [3.63, 3.8) is 0 Å². The number of carbonyl (C=O) groups excluding carboxylic acids is 2. The first kappa shape index (κ1) is 15.8. The van der Waals surface area contributed by atoms with Crippen molar-refractivity contribution in [1.29, 1.82) is 0 Å². The van der Waals surface area contributed by atoms with Crippen molar-refractivity contribution in [3.05, 3.63) is 34.9 Å². The number of carbonyl (C=O) groups is 2. The Labute approximate surface area is 129 Å². The normalized spacial score (nSPS) is 15.8. The molecule has 1 heterocycles. The minimum Gasteiger partial charge on any atom is -0.355 e. The Morgan fingerprint density at radius 1 is 1.19 bits per heavy atom. The van der Waals surface area contributed by atoms with Crippen molar-refractivity contribution in [2.45, 2.75) is 6.42 Å². The van der Waals surface area contributed by atoms with Crippen LogP contribution in [-0.2, 0) is 16.0 Å². The maximum Gasteiger partial charge on any atom is 0.234 e. The molecule has 0 unspecified atom stereocenters. The summed E-state index contributed by atoms with van der Waals surface area (Å²) in [5, 5.41) is 3.64. The number of benzene rings is 1. The van der Waals surface area contributed by atoms with Gasteiger partial charge in [0.15, 0.2) is 0 Å². The monoisotopic (exact) mass is 309 g/mol. The Morgan fingerprint density at radius 3 is 2.48 bits per heavy atom. The fourth-order valence-corrected chi connectivity index (χ4v) is 2.41. The molecule has 1 aliphatic heterocycles. The van der Waals surface area contributed by atoms with E-state index >= 15 is 0 Å². The summed E-state index contributed by atoms with van der Waals surface area (Å²) in [6.07, 6.45) is 1.66. The van der Waals surface area contributed by atoms with Crippen LogP contribution in [0, 0.1) is 0 Å². The molecule has 6 heteroatoms. The molecule has 0 radical (unpaired) electrons. The summed E-state index contributed by atoms with van der Waals surface area (Å²) in [6, 6.07) is 7.64. The van der Waals surface area contributed by atoms with E-state index in [2.05, 4.69) is 10.2 Å². The highest BCUT2D eigenvalue weighted by Crippen LogP contribution is 2.09. The number of nitrogens with zero attached hydrogens (tertiary/aromatic N) is 2. The van der Waals surface area contributed by atoms with Crippen molar-refractivity contribution in [2.24, 2.45) is 0 Å². The lowest BCUT2D eigenvalue weighted by atomic mass is 10.1. The van der Waals surface area contributed by atoms with Crippen LogP contribution in [0.25, 0.3) is 0 Å². The van der Waals surface area contributed by atoms with Gasteiger partial charge in [-0.15, -0.1) is 0 Å². The fourth-order valence-electron chi connectivity index (χ4n) is 2.28. The van der Waals surface area contributed by atoms with Gasteiger partial charge in [0.1, 0.15) is 0 Å². The maximum absolute atomic E-state index is 11.8. The van der Waals surface area contributed by atoms with Gasteiger partial charge in [0.2, 0.25) is 12.3 Å². The highest BCUT2D eigenvalue weighted by molar-refractivity contribution is 6.30. The van der Waals surface area contributed by atoms with Gasteiger partial charge in [0.05, 0.1) is 6.54 Å². The lowest BCUT2D eigenvalue weighted by molar-refractivity contribution is -0.123.